The summed E-state index contributed by atoms with van der Waals surface area (Å²) in [6, 6.07) is 0. The summed E-state index contributed by atoms with van der Waals surface area (Å²) < 4.78 is 14.3. The number of hydrogen-bond donors (Lipinski definition) is 0. The molecule has 0 amide bonds. The van der Waals surface area contributed by atoms with Crippen molar-refractivity contribution in [2.24, 2.45) is 0 Å². The van der Waals surface area contributed by atoms with Gasteiger partial charge in [0.2, 0.25) is 0 Å². The van der Waals surface area contributed by atoms with E-state index < -0.39 is 21.5 Å². The maximum Gasteiger partial charge on any atom is 0.536 e. The highest BCUT2D eigenvalue weighted by atomic mass is 35.7. The van der Waals surface area contributed by atoms with Gasteiger partial charge in [0.15, 0.2) is 0 Å². The van der Waals surface area contributed by atoms with Crippen LogP contribution < -0.4 is 0 Å². The van der Waals surface area contributed by atoms with Gasteiger partial charge in [-0.25, -0.2) is 0 Å². The molecule has 3 nitrogen and oxygen atoms in total. The molecule has 0 spiro atoms. The van der Waals surface area contributed by atoms with Gasteiger partial charge >= 0.3 is 21.5 Å². The monoisotopic (exact) mass is 342 g/mol. The molecule has 0 unspecified atom stereocenters. The van der Waals surface area contributed by atoms with Crippen molar-refractivity contribution in [1.82, 2.24) is 0 Å². The van der Waals surface area contributed by atoms with Crippen LogP contribution in [0.1, 0.15) is 0 Å². The van der Waals surface area contributed by atoms with Gasteiger partial charge in [0, 0.05) is 0 Å². The molecular formula is Cl6O3Si3. The molecule has 12 heavy (non-hydrogen) atoms. The Morgan fingerprint density at radius 3 is 0.833 bits per heavy atom. The Bertz CT molecular complexity index is 145. The second-order valence-electron chi connectivity index (χ2n) is 1.70. The Balaban J connectivity index is 2.81. The van der Waals surface area contributed by atoms with Gasteiger partial charge in [-0.05, 0) is 0 Å². The molecule has 1 rings (SSSR count). The highest BCUT2D eigenvalue weighted by Gasteiger charge is 2.62. The first kappa shape index (κ1) is 12.3. The Kier molecular flexibility index (Phi) is 3.79. The van der Waals surface area contributed by atoms with Crippen LogP contribution in [0.4, 0.5) is 0 Å². The first-order chi connectivity index (χ1) is 5.12. The zero-order valence-electron chi connectivity index (χ0n) is 4.99. The molecule has 12 heteroatoms. The van der Waals surface area contributed by atoms with Crippen molar-refractivity contribution < 1.29 is 12.3 Å². The van der Waals surface area contributed by atoms with Gasteiger partial charge in [-0.2, -0.15) is 0 Å². The van der Waals surface area contributed by atoms with Crippen LogP contribution in [0.5, 0.6) is 0 Å². The molecule has 1 aliphatic rings. The first-order valence-electron chi connectivity index (χ1n) is 2.36. The first-order valence-corrected chi connectivity index (χ1v) is 13.9. The molecule has 0 radical (unpaired) electrons. The fraction of sp³-hybridized carbons (Fsp3) is 0. The highest BCUT2D eigenvalue weighted by Crippen LogP contribution is 2.41. The molecular weight excluding hydrogens is 345 g/mol. The normalized spacial score (nSPS) is 31.5. The van der Waals surface area contributed by atoms with Crippen molar-refractivity contribution in [1.29, 1.82) is 0 Å². The Morgan fingerprint density at radius 1 is 0.500 bits per heavy atom. The quantitative estimate of drug-likeness (QED) is 0.499. The Labute approximate surface area is 99.6 Å². The molecule has 0 saturated carbocycles. The predicted octanol–water partition coefficient (Wildman–Crippen LogP) is 2.79. The third kappa shape index (κ3) is 3.79. The largest absolute Gasteiger partial charge is 0.536 e. The van der Waals surface area contributed by atoms with E-state index in [0.29, 0.717) is 0 Å². The van der Waals surface area contributed by atoms with Gasteiger partial charge in [-0.1, -0.05) is 66.5 Å². The predicted molar refractivity (Wildman–Crippen MR) is 55.6 cm³/mol. The second-order valence-corrected chi connectivity index (χ2v) is 17.6. The summed E-state index contributed by atoms with van der Waals surface area (Å²) in [5.74, 6) is 0. The van der Waals surface area contributed by atoms with Crippen LogP contribution in [-0.4, -0.2) is 21.5 Å². The van der Waals surface area contributed by atoms with Crippen molar-refractivity contribution >= 4 is 88.0 Å². The summed E-state index contributed by atoms with van der Waals surface area (Å²) in [6.45, 7) is 0. The van der Waals surface area contributed by atoms with Gasteiger partial charge in [0.1, 0.15) is 0 Å². The molecule has 0 atom stereocenters. The van der Waals surface area contributed by atoms with Crippen LogP contribution in [-0.2, 0) is 12.3 Å². The lowest BCUT2D eigenvalue weighted by molar-refractivity contribution is 0.302. The fourth-order valence-corrected chi connectivity index (χ4v) is 21.4. The van der Waals surface area contributed by atoms with Crippen LogP contribution in [0.15, 0.2) is 0 Å². The average Bonchev–Trinajstić information content (AvgIpc) is 1.44. The third-order valence-electron chi connectivity index (χ3n) is 0.713. The lowest BCUT2D eigenvalue weighted by atomic mass is 15.7. The van der Waals surface area contributed by atoms with Crippen molar-refractivity contribution in [3.63, 3.8) is 0 Å². The zero-order chi connectivity index (χ0) is 9.62. The van der Waals surface area contributed by atoms with Crippen LogP contribution in [0, 0.1) is 0 Å². The molecule has 72 valence electrons. The standard InChI is InChI=1S/Cl6O3Si3/c1-10(2)7-11(3,4)9-12(5,6)8-10. The smallest absolute Gasteiger partial charge is 0.368 e. The number of hydrogen-bond acceptors (Lipinski definition) is 3. The van der Waals surface area contributed by atoms with E-state index in [1.165, 1.54) is 0 Å². The van der Waals surface area contributed by atoms with Gasteiger partial charge in [-0.15, -0.1) is 0 Å². The fourth-order valence-electron chi connectivity index (χ4n) is 0.477. The minimum atomic E-state index is -3.45. The van der Waals surface area contributed by atoms with Crippen LogP contribution in [0.3, 0.4) is 0 Å². The van der Waals surface area contributed by atoms with E-state index in [-0.39, 0.29) is 0 Å². The topological polar surface area (TPSA) is 27.7 Å². The van der Waals surface area contributed by atoms with Gasteiger partial charge in [0.05, 0.1) is 0 Å². The summed E-state index contributed by atoms with van der Waals surface area (Å²) in [5, 5.41) is 0. The van der Waals surface area contributed by atoms with Crippen LogP contribution in [0.25, 0.3) is 0 Å². The molecule has 0 aromatic heterocycles. The molecule has 1 saturated heterocycles. The van der Waals surface area contributed by atoms with E-state index in [2.05, 4.69) is 0 Å². The summed E-state index contributed by atoms with van der Waals surface area (Å²) in [7, 11) is -10.3. The third-order valence-corrected chi connectivity index (χ3v) is 14.7. The van der Waals surface area contributed by atoms with Crippen molar-refractivity contribution in [2.75, 3.05) is 0 Å². The lowest BCUT2D eigenvalue weighted by Crippen LogP contribution is -2.58. The van der Waals surface area contributed by atoms with Gasteiger partial charge < -0.3 is 12.3 Å². The summed E-state index contributed by atoms with van der Waals surface area (Å²) in [6.07, 6.45) is 0. The molecule has 0 aromatic carbocycles. The lowest BCUT2D eigenvalue weighted by Gasteiger charge is -2.35. The zero-order valence-corrected chi connectivity index (χ0v) is 12.5. The van der Waals surface area contributed by atoms with Gasteiger partial charge in [-0.3, -0.25) is 0 Å². The van der Waals surface area contributed by atoms with Crippen LogP contribution >= 0.6 is 66.5 Å². The van der Waals surface area contributed by atoms with E-state index >= 15 is 0 Å². The maximum absolute atomic E-state index is 5.55. The molecule has 1 fully saturated rings. The average molecular weight is 345 g/mol. The van der Waals surface area contributed by atoms with Crippen molar-refractivity contribution in [2.45, 2.75) is 0 Å². The second kappa shape index (κ2) is 3.69. The minimum Gasteiger partial charge on any atom is -0.368 e. The van der Waals surface area contributed by atoms with E-state index in [4.69, 9.17) is 78.8 Å². The summed E-state index contributed by atoms with van der Waals surface area (Å²) in [4.78, 5) is 0. The molecule has 0 aromatic rings. The van der Waals surface area contributed by atoms with Crippen molar-refractivity contribution in [3.05, 3.63) is 0 Å². The van der Waals surface area contributed by atoms with Crippen molar-refractivity contribution in [3.8, 4) is 0 Å². The highest BCUT2D eigenvalue weighted by molar-refractivity contribution is 7.56. The van der Waals surface area contributed by atoms with E-state index in [9.17, 15) is 0 Å². The summed E-state index contributed by atoms with van der Waals surface area (Å²) in [5.41, 5.74) is 0. The molecule has 0 bridgehead atoms. The molecule has 1 aliphatic heterocycles. The number of rotatable bonds is 0. The SMILES string of the molecule is Cl[Si]1(Cl)O[Si](Cl)(Cl)O[Si](Cl)(Cl)O1. The Morgan fingerprint density at radius 2 is 0.667 bits per heavy atom. The maximum atomic E-state index is 5.55. The molecule has 1 heterocycles. The van der Waals surface area contributed by atoms with Crippen LogP contribution in [0.2, 0.25) is 0 Å². The van der Waals surface area contributed by atoms with E-state index in [0.717, 1.165) is 0 Å². The molecule has 0 aliphatic carbocycles. The Hall–Kier alpha value is 2.27. The summed E-state index contributed by atoms with van der Waals surface area (Å²) >= 11 is 33.3. The van der Waals surface area contributed by atoms with E-state index in [1.54, 1.807) is 0 Å². The van der Waals surface area contributed by atoms with Gasteiger partial charge in [0.25, 0.3) is 0 Å². The molecule has 0 N–H and O–H groups in total. The van der Waals surface area contributed by atoms with E-state index in [1.807, 2.05) is 0 Å². The minimum absolute atomic E-state index is 3.45. The number of halogens is 6.